The van der Waals surface area contributed by atoms with Crippen molar-refractivity contribution in [2.24, 2.45) is 0 Å². The Morgan fingerprint density at radius 3 is 1.53 bits per heavy atom. The third kappa shape index (κ3) is 5.23. The van der Waals surface area contributed by atoms with Gasteiger partial charge in [-0.1, -0.05) is 127 Å². The predicted octanol–water partition coefficient (Wildman–Crippen LogP) is 16.3. The van der Waals surface area contributed by atoms with Crippen molar-refractivity contribution < 1.29 is 0 Å². The molecular formula is C54H34N2S2. The zero-order valence-corrected chi connectivity index (χ0v) is 33.0. The average Bonchev–Trinajstić information content (AvgIpc) is 3.97. The van der Waals surface area contributed by atoms with Gasteiger partial charge in [0, 0.05) is 79.4 Å². The van der Waals surface area contributed by atoms with E-state index in [1.54, 1.807) is 0 Å². The lowest BCUT2D eigenvalue weighted by Crippen LogP contribution is -2.09. The molecule has 0 aliphatic carbocycles. The minimum atomic E-state index is 1.11. The van der Waals surface area contributed by atoms with Gasteiger partial charge in [-0.3, -0.25) is 0 Å². The first kappa shape index (κ1) is 33.2. The van der Waals surface area contributed by atoms with Crippen LogP contribution >= 0.6 is 22.7 Å². The van der Waals surface area contributed by atoms with E-state index in [-0.39, 0.29) is 0 Å². The number of nitrogens with zero attached hydrogens (tertiary/aromatic N) is 2. The van der Waals surface area contributed by atoms with E-state index in [0.29, 0.717) is 0 Å². The smallest absolute Gasteiger partial charge is 0.0541 e. The summed E-state index contributed by atoms with van der Waals surface area (Å²) < 4.78 is 7.70. The molecule has 0 unspecified atom stereocenters. The third-order valence-corrected chi connectivity index (χ3v) is 13.9. The van der Waals surface area contributed by atoms with Gasteiger partial charge in [0.15, 0.2) is 0 Å². The fourth-order valence-electron chi connectivity index (χ4n) is 8.98. The first-order chi connectivity index (χ1) is 28.8. The molecule has 272 valence electrons. The van der Waals surface area contributed by atoms with E-state index in [0.717, 1.165) is 17.1 Å². The van der Waals surface area contributed by atoms with Gasteiger partial charge >= 0.3 is 0 Å². The van der Waals surface area contributed by atoms with Crippen molar-refractivity contribution in [1.82, 2.24) is 4.57 Å². The minimum Gasteiger partial charge on any atom is -0.311 e. The number of hydrogen-bond donors (Lipinski definition) is 0. The molecule has 0 radical (unpaired) electrons. The van der Waals surface area contributed by atoms with Gasteiger partial charge in [-0.2, -0.15) is 0 Å². The van der Waals surface area contributed by atoms with Gasteiger partial charge in [-0.05, 0) is 95.6 Å². The fraction of sp³-hybridized carbons (Fsp3) is 0. The van der Waals surface area contributed by atoms with Crippen LogP contribution in [0, 0.1) is 0 Å². The van der Waals surface area contributed by atoms with Crippen LogP contribution in [-0.4, -0.2) is 4.57 Å². The number of benzene rings is 9. The van der Waals surface area contributed by atoms with Crippen molar-refractivity contribution in [2.45, 2.75) is 0 Å². The second-order valence-electron chi connectivity index (χ2n) is 14.9. The van der Waals surface area contributed by atoms with E-state index in [1.807, 2.05) is 22.7 Å². The van der Waals surface area contributed by atoms with Gasteiger partial charge in [0.25, 0.3) is 0 Å². The maximum absolute atomic E-state index is 2.44. The molecule has 0 bridgehead atoms. The highest BCUT2D eigenvalue weighted by Crippen LogP contribution is 2.45. The summed E-state index contributed by atoms with van der Waals surface area (Å²) in [6.07, 6.45) is 0. The molecule has 0 fully saturated rings. The van der Waals surface area contributed by atoms with E-state index in [4.69, 9.17) is 0 Å². The van der Waals surface area contributed by atoms with Crippen LogP contribution in [0.5, 0.6) is 0 Å². The van der Waals surface area contributed by atoms with Crippen molar-refractivity contribution in [3.05, 3.63) is 206 Å². The van der Waals surface area contributed by atoms with Gasteiger partial charge in [0.05, 0.1) is 11.0 Å². The Kier molecular flexibility index (Phi) is 7.62. The molecule has 0 atom stereocenters. The van der Waals surface area contributed by atoms with Crippen LogP contribution in [0.15, 0.2) is 206 Å². The zero-order valence-electron chi connectivity index (χ0n) is 31.3. The average molecular weight is 775 g/mol. The van der Waals surface area contributed by atoms with Crippen molar-refractivity contribution in [1.29, 1.82) is 0 Å². The van der Waals surface area contributed by atoms with Crippen LogP contribution in [0.1, 0.15) is 0 Å². The lowest BCUT2D eigenvalue weighted by Gasteiger charge is -2.26. The summed E-state index contributed by atoms with van der Waals surface area (Å²) in [7, 11) is 0. The Morgan fingerprint density at radius 1 is 0.345 bits per heavy atom. The summed E-state index contributed by atoms with van der Waals surface area (Å²) in [4.78, 5) is 2.36. The molecule has 4 heteroatoms. The Labute approximate surface area is 343 Å². The summed E-state index contributed by atoms with van der Waals surface area (Å²) >= 11 is 3.75. The van der Waals surface area contributed by atoms with Crippen LogP contribution < -0.4 is 4.90 Å². The molecule has 0 N–H and O–H groups in total. The molecule has 2 nitrogen and oxygen atoms in total. The Balaban J connectivity index is 0.988. The largest absolute Gasteiger partial charge is 0.311 e. The number of para-hydroxylation sites is 3. The molecular weight excluding hydrogens is 741 g/mol. The number of thiophene rings is 2. The van der Waals surface area contributed by atoms with E-state index in [2.05, 4.69) is 216 Å². The van der Waals surface area contributed by atoms with Crippen LogP contribution in [0.3, 0.4) is 0 Å². The van der Waals surface area contributed by atoms with E-state index in [1.165, 1.54) is 90.1 Å². The highest BCUT2D eigenvalue weighted by atomic mass is 32.1. The summed E-state index contributed by atoms with van der Waals surface area (Å²) in [5.74, 6) is 0. The maximum Gasteiger partial charge on any atom is 0.0541 e. The highest BCUT2D eigenvalue weighted by Gasteiger charge is 2.19. The molecule has 0 saturated carbocycles. The Morgan fingerprint density at radius 2 is 0.862 bits per heavy atom. The Hall–Kier alpha value is -6.98. The van der Waals surface area contributed by atoms with Crippen LogP contribution in [-0.2, 0) is 0 Å². The molecule has 12 aromatic rings. The van der Waals surface area contributed by atoms with Gasteiger partial charge in [0.1, 0.15) is 0 Å². The van der Waals surface area contributed by atoms with Crippen molar-refractivity contribution in [3.8, 4) is 27.9 Å². The zero-order chi connectivity index (χ0) is 38.2. The van der Waals surface area contributed by atoms with Gasteiger partial charge < -0.3 is 9.47 Å². The van der Waals surface area contributed by atoms with E-state index in [9.17, 15) is 0 Å². The van der Waals surface area contributed by atoms with Gasteiger partial charge in [-0.15, -0.1) is 22.7 Å². The number of rotatable bonds is 6. The van der Waals surface area contributed by atoms with Crippen LogP contribution in [0.4, 0.5) is 17.1 Å². The first-order valence-electron chi connectivity index (χ1n) is 19.7. The minimum absolute atomic E-state index is 1.11. The standard InChI is InChI=1S/C54H34N2S2/c1-2-13-37(14-3-1)55(38-29-25-35(26-30-38)41-19-12-24-52-53(41)45-18-7-11-23-51(45)57-52)39-31-27-36(28-32-39)46-33-40(34-47-44-17-6-10-22-50(44)58-54(46)47)56-48-20-8-4-15-42(48)43-16-5-9-21-49(43)56/h1-34H. The number of anilines is 3. The van der Waals surface area contributed by atoms with Crippen molar-refractivity contribution >= 4 is 102 Å². The summed E-state index contributed by atoms with van der Waals surface area (Å²) in [6, 6.07) is 75.5. The normalized spacial score (nSPS) is 11.8. The molecule has 0 aliphatic heterocycles. The number of hydrogen-bond acceptors (Lipinski definition) is 3. The molecule has 3 aromatic heterocycles. The molecule has 0 aliphatic rings. The molecule has 0 amide bonds. The maximum atomic E-state index is 2.44. The number of fused-ring (bicyclic) bond motifs is 9. The quantitative estimate of drug-likeness (QED) is 0.163. The molecule has 3 heterocycles. The first-order valence-corrected chi connectivity index (χ1v) is 21.3. The predicted molar refractivity (Wildman–Crippen MR) is 252 cm³/mol. The highest BCUT2D eigenvalue weighted by molar-refractivity contribution is 7.26. The van der Waals surface area contributed by atoms with Crippen molar-refractivity contribution in [2.75, 3.05) is 4.90 Å². The second-order valence-corrected chi connectivity index (χ2v) is 17.0. The SMILES string of the molecule is c1ccc(N(c2ccc(-c3cc(-n4c5ccccc5c5ccccc54)cc4c3sc3ccccc34)cc2)c2ccc(-c3cccc4sc5ccccc5c34)cc2)cc1. The van der Waals surface area contributed by atoms with Gasteiger partial charge in [0.2, 0.25) is 0 Å². The third-order valence-electron chi connectivity index (χ3n) is 11.6. The topological polar surface area (TPSA) is 8.17 Å². The van der Waals surface area contributed by atoms with Crippen LogP contribution in [0.25, 0.3) is 90.1 Å². The van der Waals surface area contributed by atoms with E-state index >= 15 is 0 Å². The molecule has 9 aromatic carbocycles. The summed E-state index contributed by atoms with van der Waals surface area (Å²) in [5.41, 5.74) is 11.9. The molecule has 58 heavy (non-hydrogen) atoms. The number of aromatic nitrogens is 1. The fourth-order valence-corrected chi connectivity index (χ4v) is 11.3. The van der Waals surface area contributed by atoms with E-state index < -0.39 is 0 Å². The molecule has 12 rings (SSSR count). The molecule has 0 spiro atoms. The lowest BCUT2D eigenvalue weighted by molar-refractivity contribution is 1.19. The Bertz CT molecular complexity index is 3450. The second kappa shape index (κ2) is 13.3. The monoisotopic (exact) mass is 774 g/mol. The van der Waals surface area contributed by atoms with Crippen molar-refractivity contribution in [3.63, 3.8) is 0 Å². The summed E-state index contributed by atoms with van der Waals surface area (Å²) in [5, 5.41) is 7.78. The summed E-state index contributed by atoms with van der Waals surface area (Å²) in [6.45, 7) is 0. The molecule has 0 saturated heterocycles. The lowest BCUT2D eigenvalue weighted by atomic mass is 9.99. The van der Waals surface area contributed by atoms with Crippen LogP contribution in [0.2, 0.25) is 0 Å². The van der Waals surface area contributed by atoms with Gasteiger partial charge in [-0.25, -0.2) is 0 Å².